The van der Waals surface area contributed by atoms with Crippen LogP contribution in [-0.2, 0) is 17.4 Å². The Bertz CT molecular complexity index is 1350. The quantitative estimate of drug-likeness (QED) is 0.439. The van der Waals surface area contributed by atoms with E-state index in [4.69, 9.17) is 9.47 Å². The van der Waals surface area contributed by atoms with Gasteiger partial charge in [-0.25, -0.2) is 9.38 Å². The van der Waals surface area contributed by atoms with Crippen LogP contribution in [0.25, 0.3) is 0 Å². The van der Waals surface area contributed by atoms with E-state index in [-0.39, 0.29) is 29.6 Å². The molecule has 3 aromatic rings. The number of aliphatic imine (C=N–C) groups is 1. The van der Waals surface area contributed by atoms with E-state index in [1.165, 1.54) is 25.3 Å². The average molecular weight is 513 g/mol. The molecule has 37 heavy (non-hydrogen) atoms. The Kier molecular flexibility index (Phi) is 6.49. The Morgan fingerprint density at radius 2 is 1.70 bits per heavy atom. The molecule has 0 N–H and O–H groups in total. The predicted octanol–water partition coefficient (Wildman–Crippen LogP) is 5.42. The van der Waals surface area contributed by atoms with Crippen molar-refractivity contribution in [3.8, 4) is 17.2 Å². The van der Waals surface area contributed by atoms with Gasteiger partial charge in [-0.15, -0.1) is 0 Å². The molecule has 10 heteroatoms. The first kappa shape index (κ1) is 24.6. The number of hydrogen-bond acceptors (Lipinski definition) is 5. The molecule has 1 amide bonds. The van der Waals surface area contributed by atoms with Crippen LogP contribution in [-0.4, -0.2) is 54.8 Å². The van der Waals surface area contributed by atoms with E-state index in [1.54, 1.807) is 35.2 Å². The highest BCUT2D eigenvalue weighted by Crippen LogP contribution is 2.42. The van der Waals surface area contributed by atoms with Crippen molar-refractivity contribution in [2.75, 3.05) is 33.3 Å². The van der Waals surface area contributed by atoms with E-state index in [2.05, 4.69) is 4.99 Å². The second-order valence-corrected chi connectivity index (χ2v) is 8.75. The number of ether oxygens (including phenoxy) is 2. The number of halogens is 4. The van der Waals surface area contributed by atoms with E-state index < -0.39 is 11.7 Å². The number of methoxy groups -OCH3 is 1. The van der Waals surface area contributed by atoms with Crippen molar-refractivity contribution in [3.05, 3.63) is 83.2 Å². The number of carbonyl (C=O) groups excluding carboxylic acids is 1. The molecule has 1 fully saturated rings. The molecule has 192 valence electrons. The van der Waals surface area contributed by atoms with E-state index in [0.29, 0.717) is 49.1 Å². The standard InChI is InChI=1S/C27H23F4N3O3/c1-36-20-7-8-21-24(16-20)37-23-9-4-18(27(29,30)31)15-22(23)32-26(21)34-12-10-33(11-13-34)25(35)14-17-2-5-19(28)6-3-17/h2-9,15-16H,10-14H2,1H3. The molecule has 0 atom stereocenters. The highest BCUT2D eigenvalue weighted by molar-refractivity contribution is 6.04. The van der Waals surface area contributed by atoms with Crippen LogP contribution in [0.4, 0.5) is 23.2 Å². The van der Waals surface area contributed by atoms with Crippen LogP contribution in [0.15, 0.2) is 65.7 Å². The van der Waals surface area contributed by atoms with Crippen molar-refractivity contribution >= 4 is 17.4 Å². The van der Waals surface area contributed by atoms with Crippen molar-refractivity contribution in [1.82, 2.24) is 9.80 Å². The van der Waals surface area contributed by atoms with Gasteiger partial charge in [0.15, 0.2) is 5.75 Å². The summed E-state index contributed by atoms with van der Waals surface area (Å²) in [6, 6.07) is 14.2. The normalized spacial score (nSPS) is 15.2. The lowest BCUT2D eigenvalue weighted by Crippen LogP contribution is -2.51. The van der Waals surface area contributed by atoms with Gasteiger partial charge in [-0.2, -0.15) is 13.2 Å². The highest BCUT2D eigenvalue weighted by atomic mass is 19.4. The highest BCUT2D eigenvalue weighted by Gasteiger charge is 2.33. The van der Waals surface area contributed by atoms with Gasteiger partial charge in [-0.3, -0.25) is 4.79 Å². The summed E-state index contributed by atoms with van der Waals surface area (Å²) in [5.41, 5.74) is 0.572. The average Bonchev–Trinajstić information content (AvgIpc) is 3.05. The summed E-state index contributed by atoms with van der Waals surface area (Å²) >= 11 is 0. The summed E-state index contributed by atoms with van der Waals surface area (Å²) in [5.74, 6) is 1.16. The van der Waals surface area contributed by atoms with E-state index in [1.807, 2.05) is 4.90 Å². The Hall–Kier alpha value is -4.08. The minimum atomic E-state index is -4.52. The smallest absolute Gasteiger partial charge is 0.416 e. The molecule has 0 aliphatic carbocycles. The molecule has 0 saturated carbocycles. The van der Waals surface area contributed by atoms with Crippen LogP contribution in [0.3, 0.4) is 0 Å². The Morgan fingerprint density at radius 3 is 2.38 bits per heavy atom. The number of alkyl halides is 3. The summed E-state index contributed by atoms with van der Waals surface area (Å²) in [4.78, 5) is 21.1. The maximum Gasteiger partial charge on any atom is 0.416 e. The van der Waals surface area contributed by atoms with Crippen LogP contribution in [0, 0.1) is 5.82 Å². The number of amides is 1. The number of rotatable bonds is 3. The lowest BCUT2D eigenvalue weighted by molar-refractivity contribution is -0.137. The summed E-state index contributed by atoms with van der Waals surface area (Å²) in [6.07, 6.45) is -4.37. The first-order valence-electron chi connectivity index (χ1n) is 11.6. The van der Waals surface area contributed by atoms with Crippen LogP contribution in [0.2, 0.25) is 0 Å². The van der Waals surface area contributed by atoms with Gasteiger partial charge in [-0.1, -0.05) is 12.1 Å². The lowest BCUT2D eigenvalue weighted by atomic mass is 10.1. The minimum absolute atomic E-state index is 0.0646. The first-order valence-corrected chi connectivity index (χ1v) is 11.6. The molecule has 0 unspecified atom stereocenters. The third kappa shape index (κ3) is 5.23. The van der Waals surface area contributed by atoms with Gasteiger partial charge in [-0.05, 0) is 48.0 Å². The van der Waals surface area contributed by atoms with E-state index in [0.717, 1.165) is 17.7 Å². The summed E-state index contributed by atoms with van der Waals surface area (Å²) in [7, 11) is 1.51. The van der Waals surface area contributed by atoms with Gasteiger partial charge in [0.1, 0.15) is 28.8 Å². The summed E-state index contributed by atoms with van der Waals surface area (Å²) in [6.45, 7) is 1.66. The molecule has 1 saturated heterocycles. The number of amidine groups is 1. The van der Waals surface area contributed by atoms with Crippen LogP contribution < -0.4 is 9.47 Å². The molecule has 2 aliphatic heterocycles. The number of nitrogens with zero attached hydrogens (tertiary/aromatic N) is 3. The van der Waals surface area contributed by atoms with Crippen LogP contribution in [0.1, 0.15) is 16.7 Å². The number of piperazine rings is 1. The molecule has 0 radical (unpaired) electrons. The third-order valence-electron chi connectivity index (χ3n) is 6.36. The fourth-order valence-electron chi connectivity index (χ4n) is 4.36. The van der Waals surface area contributed by atoms with E-state index in [9.17, 15) is 22.4 Å². The maximum atomic E-state index is 13.4. The van der Waals surface area contributed by atoms with Gasteiger partial charge in [0.05, 0.1) is 24.7 Å². The fraction of sp³-hybridized carbons (Fsp3) is 0.259. The van der Waals surface area contributed by atoms with Gasteiger partial charge in [0.25, 0.3) is 0 Å². The van der Waals surface area contributed by atoms with Crippen molar-refractivity contribution in [2.45, 2.75) is 12.6 Å². The zero-order chi connectivity index (χ0) is 26.2. The molecule has 6 nitrogen and oxygen atoms in total. The Labute approximate surface area is 210 Å². The molecular formula is C27H23F4N3O3. The van der Waals surface area contributed by atoms with Gasteiger partial charge in [0.2, 0.25) is 5.91 Å². The van der Waals surface area contributed by atoms with Crippen molar-refractivity contribution in [3.63, 3.8) is 0 Å². The molecule has 2 aliphatic rings. The molecular weight excluding hydrogens is 490 g/mol. The van der Waals surface area contributed by atoms with Crippen LogP contribution >= 0.6 is 0 Å². The molecule has 0 aromatic heterocycles. The first-order chi connectivity index (χ1) is 17.7. The second-order valence-electron chi connectivity index (χ2n) is 8.75. The van der Waals surface area contributed by atoms with Crippen LogP contribution in [0.5, 0.6) is 17.2 Å². The molecule has 3 aromatic carbocycles. The van der Waals surface area contributed by atoms with Gasteiger partial charge >= 0.3 is 6.18 Å². The van der Waals surface area contributed by atoms with Crippen molar-refractivity contribution in [2.24, 2.45) is 4.99 Å². The number of fused-ring (bicyclic) bond motifs is 2. The SMILES string of the molecule is COc1ccc2c(c1)Oc1ccc(C(F)(F)F)cc1N=C2N1CCN(C(=O)Cc2ccc(F)cc2)CC1. The largest absolute Gasteiger partial charge is 0.497 e. The molecule has 5 rings (SSSR count). The zero-order valence-corrected chi connectivity index (χ0v) is 19.9. The molecule has 2 heterocycles. The molecule has 0 bridgehead atoms. The molecule has 0 spiro atoms. The minimum Gasteiger partial charge on any atom is -0.497 e. The number of benzene rings is 3. The maximum absolute atomic E-state index is 13.4. The third-order valence-corrected chi connectivity index (χ3v) is 6.36. The van der Waals surface area contributed by atoms with Crippen molar-refractivity contribution < 1.29 is 31.8 Å². The van der Waals surface area contributed by atoms with Gasteiger partial charge in [0, 0.05) is 32.2 Å². The second kappa shape index (κ2) is 9.76. The predicted molar refractivity (Wildman–Crippen MR) is 129 cm³/mol. The zero-order valence-electron chi connectivity index (χ0n) is 19.9. The van der Waals surface area contributed by atoms with Gasteiger partial charge < -0.3 is 19.3 Å². The lowest BCUT2D eigenvalue weighted by Gasteiger charge is -2.36. The topological polar surface area (TPSA) is 54.4 Å². The Balaban J connectivity index is 1.41. The van der Waals surface area contributed by atoms with Crippen molar-refractivity contribution in [1.29, 1.82) is 0 Å². The number of hydrogen-bond donors (Lipinski definition) is 0. The summed E-state index contributed by atoms with van der Waals surface area (Å²) in [5, 5.41) is 0. The monoisotopic (exact) mass is 513 g/mol. The fourth-order valence-corrected chi connectivity index (χ4v) is 4.36. The summed E-state index contributed by atoms with van der Waals surface area (Å²) < 4.78 is 64.6. The van der Waals surface area contributed by atoms with E-state index >= 15 is 0 Å². The number of carbonyl (C=O) groups is 1. The Morgan fingerprint density at radius 1 is 0.973 bits per heavy atom.